The Morgan fingerprint density at radius 2 is 2.08 bits per heavy atom. The molecule has 4 atom stereocenters. The average molecular weight is 360 g/mol. The van der Waals surface area contributed by atoms with E-state index >= 15 is 0 Å². The first-order valence-electron chi connectivity index (χ1n) is 9.63. The second kappa shape index (κ2) is 9.20. The van der Waals surface area contributed by atoms with E-state index in [0.29, 0.717) is 18.9 Å². The molecule has 0 bridgehead atoms. The molecule has 1 unspecified atom stereocenters. The SMILES string of the molecule is CC(=O)O[C@@H]1C/C(C)=C/C/C=C2/C(=O)OC[C@H]2[C@@H]1C(C)CCC=C(C)C. The predicted octanol–water partition coefficient (Wildman–Crippen LogP) is 4.76. The van der Waals surface area contributed by atoms with E-state index in [2.05, 4.69) is 39.8 Å². The highest BCUT2D eigenvalue weighted by atomic mass is 16.5. The summed E-state index contributed by atoms with van der Waals surface area (Å²) in [4.78, 5) is 24.0. The van der Waals surface area contributed by atoms with E-state index in [0.717, 1.165) is 24.8 Å². The lowest BCUT2D eigenvalue weighted by molar-refractivity contribution is -0.151. The molecule has 2 rings (SSSR count). The summed E-state index contributed by atoms with van der Waals surface area (Å²) in [6, 6.07) is 0. The number of esters is 2. The van der Waals surface area contributed by atoms with Crippen LogP contribution in [0.5, 0.6) is 0 Å². The van der Waals surface area contributed by atoms with Crippen LogP contribution in [0.3, 0.4) is 0 Å². The minimum absolute atomic E-state index is 0.00662. The maximum absolute atomic E-state index is 12.2. The van der Waals surface area contributed by atoms with Crippen molar-refractivity contribution in [3.8, 4) is 0 Å². The minimum Gasteiger partial charge on any atom is -0.462 e. The highest BCUT2D eigenvalue weighted by molar-refractivity contribution is 5.91. The van der Waals surface area contributed by atoms with Gasteiger partial charge in [-0.2, -0.15) is 0 Å². The molecule has 0 amide bonds. The molecule has 4 nitrogen and oxygen atoms in total. The molecule has 0 saturated carbocycles. The molecular formula is C22H32O4. The molecule has 1 saturated heterocycles. The van der Waals surface area contributed by atoms with Gasteiger partial charge in [-0.1, -0.05) is 36.3 Å². The van der Waals surface area contributed by atoms with Gasteiger partial charge in [-0.05, 0) is 46.0 Å². The van der Waals surface area contributed by atoms with E-state index in [1.807, 2.05) is 6.08 Å². The Labute approximate surface area is 157 Å². The molecule has 0 aromatic heterocycles. The number of rotatable bonds is 5. The Bertz CT molecular complexity index is 622. The minimum atomic E-state index is -0.265. The second-order valence-electron chi connectivity index (χ2n) is 7.92. The van der Waals surface area contributed by atoms with Crippen molar-refractivity contribution in [2.24, 2.45) is 17.8 Å². The number of hydrogen-bond donors (Lipinski definition) is 0. The summed E-state index contributed by atoms with van der Waals surface area (Å²) in [7, 11) is 0. The maximum Gasteiger partial charge on any atom is 0.334 e. The van der Waals surface area contributed by atoms with Gasteiger partial charge in [-0.3, -0.25) is 4.79 Å². The smallest absolute Gasteiger partial charge is 0.334 e. The standard InChI is InChI=1S/C22H32O4/c1-14(2)8-6-10-16(4)21-19-13-25-22(24)18(19)11-7-9-15(3)12-20(21)26-17(5)23/h8-9,11,16,19-21H,6-7,10,12-13H2,1-5H3/b15-9+,18-11+/t16?,19-,20-,21+/m1/s1. The molecule has 1 heterocycles. The van der Waals surface area contributed by atoms with Crippen LogP contribution in [0.25, 0.3) is 0 Å². The van der Waals surface area contributed by atoms with Crippen molar-refractivity contribution < 1.29 is 19.1 Å². The van der Waals surface area contributed by atoms with Gasteiger partial charge in [-0.25, -0.2) is 4.79 Å². The Kier molecular flexibility index (Phi) is 7.24. The van der Waals surface area contributed by atoms with Crippen LogP contribution in [-0.2, 0) is 19.1 Å². The van der Waals surface area contributed by atoms with Crippen LogP contribution in [0.2, 0.25) is 0 Å². The van der Waals surface area contributed by atoms with Crippen molar-refractivity contribution in [2.45, 2.75) is 66.4 Å². The Hall–Kier alpha value is -1.84. The Morgan fingerprint density at radius 1 is 1.35 bits per heavy atom. The number of ether oxygens (including phenoxy) is 2. The lowest BCUT2D eigenvalue weighted by Gasteiger charge is -2.35. The number of fused-ring (bicyclic) bond motifs is 1. The van der Waals surface area contributed by atoms with Crippen molar-refractivity contribution >= 4 is 11.9 Å². The number of carbonyl (C=O) groups excluding carboxylic acids is 2. The summed E-state index contributed by atoms with van der Waals surface area (Å²) in [6.07, 6.45) is 9.53. The van der Waals surface area contributed by atoms with Gasteiger partial charge in [-0.15, -0.1) is 0 Å². The van der Waals surface area contributed by atoms with Gasteiger partial charge < -0.3 is 9.47 Å². The van der Waals surface area contributed by atoms with E-state index in [-0.39, 0.29) is 29.9 Å². The third kappa shape index (κ3) is 5.33. The molecule has 144 valence electrons. The number of cyclic esters (lactones) is 1. The van der Waals surface area contributed by atoms with Gasteiger partial charge in [0.05, 0.1) is 6.61 Å². The highest BCUT2D eigenvalue weighted by Gasteiger charge is 2.43. The lowest BCUT2D eigenvalue weighted by Crippen LogP contribution is -2.37. The molecule has 1 aliphatic heterocycles. The van der Waals surface area contributed by atoms with Crippen LogP contribution in [0.1, 0.15) is 60.3 Å². The summed E-state index contributed by atoms with van der Waals surface area (Å²) in [5.41, 5.74) is 3.26. The average Bonchev–Trinajstić information content (AvgIpc) is 2.89. The fourth-order valence-electron chi connectivity index (χ4n) is 4.15. The molecular weight excluding hydrogens is 328 g/mol. The summed E-state index contributed by atoms with van der Waals surface area (Å²) >= 11 is 0. The molecule has 1 fully saturated rings. The van der Waals surface area contributed by atoms with Gasteiger partial charge in [0.2, 0.25) is 0 Å². The van der Waals surface area contributed by atoms with E-state index in [9.17, 15) is 9.59 Å². The topological polar surface area (TPSA) is 52.6 Å². The van der Waals surface area contributed by atoms with Gasteiger partial charge in [0, 0.05) is 30.8 Å². The zero-order valence-electron chi connectivity index (χ0n) is 16.7. The quantitative estimate of drug-likeness (QED) is 0.524. The van der Waals surface area contributed by atoms with Crippen molar-refractivity contribution in [1.29, 1.82) is 0 Å². The molecule has 2 aliphatic rings. The van der Waals surface area contributed by atoms with Crippen LogP contribution < -0.4 is 0 Å². The number of carbonyl (C=O) groups is 2. The maximum atomic E-state index is 12.2. The number of hydrogen-bond acceptors (Lipinski definition) is 4. The summed E-state index contributed by atoms with van der Waals surface area (Å²) in [6.45, 7) is 10.3. The first-order chi connectivity index (χ1) is 12.3. The van der Waals surface area contributed by atoms with Crippen molar-refractivity contribution in [3.05, 3.63) is 34.9 Å². The number of allylic oxidation sites excluding steroid dienone is 4. The Balaban J connectivity index is 2.35. The van der Waals surface area contributed by atoms with E-state index in [1.165, 1.54) is 18.1 Å². The molecule has 1 aliphatic carbocycles. The van der Waals surface area contributed by atoms with E-state index < -0.39 is 0 Å². The zero-order chi connectivity index (χ0) is 19.3. The first-order valence-corrected chi connectivity index (χ1v) is 9.63. The molecule has 0 spiro atoms. The third-order valence-corrected chi connectivity index (χ3v) is 5.40. The Morgan fingerprint density at radius 3 is 2.73 bits per heavy atom. The van der Waals surface area contributed by atoms with Gasteiger partial charge in [0.25, 0.3) is 0 Å². The largest absolute Gasteiger partial charge is 0.462 e. The van der Waals surface area contributed by atoms with Crippen LogP contribution >= 0.6 is 0 Å². The van der Waals surface area contributed by atoms with Crippen molar-refractivity contribution in [2.75, 3.05) is 6.61 Å². The fraction of sp³-hybridized carbons (Fsp3) is 0.636. The molecule has 0 radical (unpaired) electrons. The molecule has 0 aromatic carbocycles. The predicted molar refractivity (Wildman–Crippen MR) is 102 cm³/mol. The second-order valence-corrected chi connectivity index (χ2v) is 7.92. The monoisotopic (exact) mass is 360 g/mol. The normalized spacial score (nSPS) is 31.0. The summed E-state index contributed by atoms with van der Waals surface area (Å²) < 4.78 is 11.1. The van der Waals surface area contributed by atoms with Crippen LogP contribution in [0.15, 0.2) is 34.9 Å². The van der Waals surface area contributed by atoms with Crippen molar-refractivity contribution in [3.63, 3.8) is 0 Å². The van der Waals surface area contributed by atoms with E-state index in [4.69, 9.17) is 9.47 Å². The molecule has 0 N–H and O–H groups in total. The third-order valence-electron chi connectivity index (χ3n) is 5.40. The lowest BCUT2D eigenvalue weighted by atomic mass is 9.73. The van der Waals surface area contributed by atoms with Crippen LogP contribution in [-0.4, -0.2) is 24.6 Å². The first kappa shape index (κ1) is 20.5. The van der Waals surface area contributed by atoms with E-state index in [1.54, 1.807) is 0 Å². The molecule has 4 heteroatoms. The van der Waals surface area contributed by atoms with Crippen LogP contribution in [0, 0.1) is 17.8 Å². The van der Waals surface area contributed by atoms with Crippen molar-refractivity contribution in [1.82, 2.24) is 0 Å². The van der Waals surface area contributed by atoms with Crippen LogP contribution in [0.4, 0.5) is 0 Å². The zero-order valence-corrected chi connectivity index (χ0v) is 16.7. The highest BCUT2D eigenvalue weighted by Crippen LogP contribution is 2.40. The summed E-state index contributed by atoms with van der Waals surface area (Å²) in [5, 5.41) is 0. The molecule has 0 aromatic rings. The molecule has 26 heavy (non-hydrogen) atoms. The van der Waals surface area contributed by atoms with Gasteiger partial charge >= 0.3 is 11.9 Å². The fourth-order valence-corrected chi connectivity index (χ4v) is 4.15. The van der Waals surface area contributed by atoms with Gasteiger partial charge in [0.15, 0.2) is 0 Å². The summed E-state index contributed by atoms with van der Waals surface area (Å²) in [5.74, 6) is -0.106. The van der Waals surface area contributed by atoms with Gasteiger partial charge in [0.1, 0.15) is 6.10 Å².